The third kappa shape index (κ3) is 3.80. The topological polar surface area (TPSA) is 42.7 Å². The number of halogens is 3. The zero-order chi connectivity index (χ0) is 14.6. The number of hydrogen-bond acceptors (Lipinski definition) is 3. The van der Waals surface area contributed by atoms with E-state index in [9.17, 15) is 13.2 Å². The van der Waals surface area contributed by atoms with Crippen LogP contribution in [0.1, 0.15) is 17.0 Å². The van der Waals surface area contributed by atoms with Crippen molar-refractivity contribution in [3.05, 3.63) is 47.5 Å². The van der Waals surface area contributed by atoms with Crippen LogP contribution in [0.15, 0.2) is 30.6 Å². The van der Waals surface area contributed by atoms with Gasteiger partial charge in [0.25, 0.3) is 0 Å². The molecule has 4 nitrogen and oxygen atoms in total. The summed E-state index contributed by atoms with van der Waals surface area (Å²) in [7, 11) is 1.85. The lowest BCUT2D eigenvalue weighted by Crippen LogP contribution is -2.18. The van der Waals surface area contributed by atoms with Gasteiger partial charge in [0, 0.05) is 26.6 Å². The van der Waals surface area contributed by atoms with E-state index in [0.717, 1.165) is 18.0 Å². The van der Waals surface area contributed by atoms with Crippen molar-refractivity contribution >= 4 is 0 Å². The average molecular weight is 284 g/mol. The normalized spacial score (nSPS) is 11.8. The molecule has 0 aliphatic rings. The molecule has 1 aromatic heterocycles. The van der Waals surface area contributed by atoms with Gasteiger partial charge in [0.15, 0.2) is 0 Å². The van der Waals surface area contributed by atoms with Crippen LogP contribution in [-0.4, -0.2) is 21.3 Å². The number of nitrogens with zero attached hydrogens (tertiary/aromatic N) is 3. The molecule has 0 atom stereocenters. The predicted octanol–water partition coefficient (Wildman–Crippen LogP) is 2.17. The highest BCUT2D eigenvalue weighted by Gasteiger charge is 2.30. The van der Waals surface area contributed by atoms with Crippen molar-refractivity contribution in [3.63, 3.8) is 0 Å². The van der Waals surface area contributed by atoms with Crippen molar-refractivity contribution in [3.8, 4) is 0 Å². The Morgan fingerprint density at radius 2 is 2.10 bits per heavy atom. The molecule has 0 aliphatic carbocycles. The summed E-state index contributed by atoms with van der Waals surface area (Å²) in [5.74, 6) is 0.835. The SMILES string of the molecule is Cn1cnnc1CCNCc1cccc(C(F)(F)F)c1. The Labute approximate surface area is 114 Å². The summed E-state index contributed by atoms with van der Waals surface area (Å²) in [5.41, 5.74) is -0.0112. The molecule has 0 unspecified atom stereocenters. The molecule has 0 saturated carbocycles. The number of rotatable bonds is 5. The second kappa shape index (κ2) is 6.04. The van der Waals surface area contributed by atoms with Gasteiger partial charge in [-0.2, -0.15) is 13.2 Å². The zero-order valence-corrected chi connectivity index (χ0v) is 11.0. The molecule has 0 radical (unpaired) electrons. The van der Waals surface area contributed by atoms with E-state index < -0.39 is 11.7 Å². The van der Waals surface area contributed by atoms with Crippen LogP contribution in [0.25, 0.3) is 0 Å². The number of aromatic nitrogens is 3. The molecule has 7 heteroatoms. The fourth-order valence-electron chi connectivity index (χ4n) is 1.82. The van der Waals surface area contributed by atoms with E-state index in [1.165, 1.54) is 6.07 Å². The number of nitrogens with one attached hydrogen (secondary N) is 1. The lowest BCUT2D eigenvalue weighted by molar-refractivity contribution is -0.137. The van der Waals surface area contributed by atoms with Crippen molar-refractivity contribution in [1.29, 1.82) is 0 Å². The van der Waals surface area contributed by atoms with Crippen molar-refractivity contribution < 1.29 is 13.2 Å². The Morgan fingerprint density at radius 1 is 1.30 bits per heavy atom. The van der Waals surface area contributed by atoms with E-state index in [1.54, 1.807) is 12.4 Å². The minimum Gasteiger partial charge on any atom is -0.321 e. The van der Waals surface area contributed by atoms with Crippen molar-refractivity contribution in [2.75, 3.05) is 6.54 Å². The van der Waals surface area contributed by atoms with Crippen LogP contribution in [0.4, 0.5) is 13.2 Å². The molecule has 1 N–H and O–H groups in total. The lowest BCUT2D eigenvalue weighted by Gasteiger charge is -2.09. The first-order valence-electron chi connectivity index (χ1n) is 6.16. The first-order chi connectivity index (χ1) is 9.47. The molecule has 0 bridgehead atoms. The molecule has 108 valence electrons. The van der Waals surface area contributed by atoms with E-state index in [4.69, 9.17) is 0 Å². The molecule has 1 heterocycles. The summed E-state index contributed by atoms with van der Waals surface area (Å²) in [6, 6.07) is 5.32. The summed E-state index contributed by atoms with van der Waals surface area (Å²) >= 11 is 0. The Hall–Kier alpha value is -1.89. The van der Waals surface area contributed by atoms with E-state index in [1.807, 2.05) is 11.6 Å². The molecule has 0 fully saturated rings. The van der Waals surface area contributed by atoms with Crippen LogP contribution in [0.3, 0.4) is 0 Å². The van der Waals surface area contributed by atoms with Gasteiger partial charge < -0.3 is 9.88 Å². The molecule has 0 aliphatic heterocycles. The monoisotopic (exact) mass is 284 g/mol. The summed E-state index contributed by atoms with van der Waals surface area (Å²) in [6.45, 7) is 1.02. The van der Waals surface area contributed by atoms with E-state index in [0.29, 0.717) is 25.1 Å². The molecule has 20 heavy (non-hydrogen) atoms. The van der Waals surface area contributed by atoms with Crippen LogP contribution >= 0.6 is 0 Å². The maximum atomic E-state index is 12.5. The lowest BCUT2D eigenvalue weighted by atomic mass is 10.1. The van der Waals surface area contributed by atoms with E-state index in [-0.39, 0.29) is 0 Å². The van der Waals surface area contributed by atoms with Gasteiger partial charge in [0.2, 0.25) is 0 Å². The number of benzene rings is 1. The number of alkyl halides is 3. The standard InChI is InChI=1S/C13H15F3N4/c1-20-9-18-19-12(20)5-6-17-8-10-3-2-4-11(7-10)13(14,15)16/h2-4,7,9,17H,5-6,8H2,1H3. The fraction of sp³-hybridized carbons (Fsp3) is 0.385. The summed E-state index contributed by atoms with van der Waals surface area (Å²) in [6.07, 6.45) is -2.01. The molecular formula is C13H15F3N4. The van der Waals surface area contributed by atoms with Gasteiger partial charge in [-0.25, -0.2) is 0 Å². The van der Waals surface area contributed by atoms with Gasteiger partial charge in [0.05, 0.1) is 5.56 Å². The molecule has 2 aromatic rings. The minimum absolute atomic E-state index is 0.391. The third-order valence-electron chi connectivity index (χ3n) is 2.91. The molecule has 0 saturated heterocycles. The Morgan fingerprint density at radius 3 is 2.75 bits per heavy atom. The van der Waals surface area contributed by atoms with Crippen LogP contribution in [0.2, 0.25) is 0 Å². The van der Waals surface area contributed by atoms with Crippen LogP contribution in [0.5, 0.6) is 0 Å². The molecule has 0 spiro atoms. The highest BCUT2D eigenvalue weighted by atomic mass is 19.4. The second-order valence-corrected chi connectivity index (χ2v) is 4.48. The van der Waals surface area contributed by atoms with Crippen LogP contribution in [-0.2, 0) is 26.2 Å². The van der Waals surface area contributed by atoms with Crippen molar-refractivity contribution in [2.45, 2.75) is 19.1 Å². The summed E-state index contributed by atoms with van der Waals surface area (Å²) in [5, 5.41) is 10.8. The zero-order valence-electron chi connectivity index (χ0n) is 11.0. The largest absolute Gasteiger partial charge is 0.416 e. The molecule has 0 amide bonds. The molecule has 1 aromatic carbocycles. The summed E-state index contributed by atoms with van der Waals surface area (Å²) < 4.78 is 39.5. The molecule has 2 rings (SSSR count). The first kappa shape index (κ1) is 14.5. The second-order valence-electron chi connectivity index (χ2n) is 4.48. The smallest absolute Gasteiger partial charge is 0.321 e. The fourth-order valence-corrected chi connectivity index (χ4v) is 1.82. The number of hydrogen-bond donors (Lipinski definition) is 1. The first-order valence-corrected chi connectivity index (χ1v) is 6.16. The van der Waals surface area contributed by atoms with Crippen molar-refractivity contribution in [2.24, 2.45) is 7.05 Å². The van der Waals surface area contributed by atoms with E-state index in [2.05, 4.69) is 15.5 Å². The van der Waals surface area contributed by atoms with Gasteiger partial charge in [0.1, 0.15) is 12.2 Å². The Bertz CT molecular complexity index is 563. The summed E-state index contributed by atoms with van der Waals surface area (Å²) in [4.78, 5) is 0. The highest BCUT2D eigenvalue weighted by molar-refractivity contribution is 5.25. The van der Waals surface area contributed by atoms with Gasteiger partial charge in [-0.3, -0.25) is 0 Å². The van der Waals surface area contributed by atoms with Gasteiger partial charge in [-0.1, -0.05) is 18.2 Å². The third-order valence-corrected chi connectivity index (χ3v) is 2.91. The van der Waals surface area contributed by atoms with Gasteiger partial charge in [-0.05, 0) is 11.6 Å². The maximum absolute atomic E-state index is 12.5. The van der Waals surface area contributed by atoms with Crippen LogP contribution in [0, 0.1) is 0 Å². The van der Waals surface area contributed by atoms with Crippen molar-refractivity contribution in [1.82, 2.24) is 20.1 Å². The highest BCUT2D eigenvalue weighted by Crippen LogP contribution is 2.29. The maximum Gasteiger partial charge on any atom is 0.416 e. The average Bonchev–Trinajstić information content (AvgIpc) is 2.80. The van der Waals surface area contributed by atoms with Gasteiger partial charge in [-0.15, -0.1) is 10.2 Å². The quantitative estimate of drug-likeness (QED) is 0.856. The molecular weight excluding hydrogens is 269 g/mol. The minimum atomic E-state index is -4.30. The Kier molecular flexibility index (Phi) is 4.39. The van der Waals surface area contributed by atoms with Crippen LogP contribution < -0.4 is 5.32 Å². The predicted molar refractivity (Wildman–Crippen MR) is 67.9 cm³/mol. The van der Waals surface area contributed by atoms with Gasteiger partial charge >= 0.3 is 6.18 Å². The Balaban J connectivity index is 1.84. The van der Waals surface area contributed by atoms with E-state index >= 15 is 0 Å². The number of aryl methyl sites for hydroxylation is 1.